The molecule has 1 aliphatic rings. The average molecular weight is 341 g/mol. The van der Waals surface area contributed by atoms with Gasteiger partial charge in [0.2, 0.25) is 17.8 Å². The molecule has 3 aromatic rings. The Morgan fingerprint density at radius 3 is 2.92 bits per heavy atom. The number of amides is 2. The Bertz CT molecular complexity index is 966. The van der Waals surface area contributed by atoms with Gasteiger partial charge in [-0.1, -0.05) is 29.8 Å². The van der Waals surface area contributed by atoms with Crippen LogP contribution in [0.15, 0.2) is 48.5 Å². The molecule has 0 spiro atoms. The fourth-order valence-corrected chi connectivity index (χ4v) is 3.09. The molecule has 0 aliphatic carbocycles. The third kappa shape index (κ3) is 2.51. The maximum absolute atomic E-state index is 12.3. The van der Waals surface area contributed by atoms with Gasteiger partial charge in [-0.15, -0.1) is 0 Å². The van der Waals surface area contributed by atoms with E-state index < -0.39 is 6.04 Å². The maximum Gasteiger partial charge on any atom is 0.250 e. The molecular weight excluding hydrogens is 328 g/mol. The second-order valence-corrected chi connectivity index (χ2v) is 6.00. The van der Waals surface area contributed by atoms with Gasteiger partial charge < -0.3 is 5.32 Å². The molecule has 24 heavy (non-hydrogen) atoms. The summed E-state index contributed by atoms with van der Waals surface area (Å²) in [7, 11) is 0. The number of hydrogen-bond acceptors (Lipinski definition) is 3. The van der Waals surface area contributed by atoms with E-state index >= 15 is 0 Å². The minimum absolute atomic E-state index is 0.0195. The Labute approximate surface area is 142 Å². The van der Waals surface area contributed by atoms with E-state index in [9.17, 15) is 9.59 Å². The van der Waals surface area contributed by atoms with E-state index in [-0.39, 0.29) is 18.2 Å². The van der Waals surface area contributed by atoms with Gasteiger partial charge in [0.25, 0.3) is 0 Å². The molecule has 0 saturated carbocycles. The highest BCUT2D eigenvalue weighted by Crippen LogP contribution is 2.32. The van der Waals surface area contributed by atoms with Gasteiger partial charge in [-0.25, -0.2) is 4.98 Å². The van der Waals surface area contributed by atoms with E-state index in [0.717, 1.165) is 11.0 Å². The summed E-state index contributed by atoms with van der Waals surface area (Å²) in [5, 5.41) is 6.03. The average Bonchev–Trinajstić information content (AvgIpc) is 3.03. The Morgan fingerprint density at radius 2 is 2.08 bits per heavy atom. The summed E-state index contributed by atoms with van der Waals surface area (Å²) < 4.78 is 1.77. The van der Waals surface area contributed by atoms with E-state index in [4.69, 9.17) is 11.6 Å². The van der Waals surface area contributed by atoms with Crippen LogP contribution in [0.5, 0.6) is 0 Å². The van der Waals surface area contributed by atoms with Gasteiger partial charge in [-0.3, -0.25) is 19.5 Å². The molecule has 0 saturated heterocycles. The van der Waals surface area contributed by atoms with Crippen LogP contribution < -0.4 is 10.6 Å². The molecule has 1 aliphatic heterocycles. The zero-order chi connectivity index (χ0) is 16.7. The zero-order valence-corrected chi connectivity index (χ0v) is 13.2. The van der Waals surface area contributed by atoms with Gasteiger partial charge in [-0.05, 0) is 30.3 Å². The minimum atomic E-state index is -0.619. The number of rotatable bonds is 3. The van der Waals surface area contributed by atoms with Crippen molar-refractivity contribution in [1.82, 2.24) is 9.55 Å². The van der Waals surface area contributed by atoms with Gasteiger partial charge in [0.05, 0.1) is 17.5 Å². The Balaban J connectivity index is 1.59. The smallest absolute Gasteiger partial charge is 0.250 e. The third-order valence-corrected chi connectivity index (χ3v) is 4.17. The van der Waals surface area contributed by atoms with Crippen molar-refractivity contribution in [1.29, 1.82) is 0 Å². The standard InChI is InChI=1S/C17H13ClN4O2/c18-10-4-3-5-11(8-10)19-15(23)9-14-16(24)21-17-20-12-6-1-2-7-13(12)22(14)17/h1-8,14H,9H2,(H,19,23)(H,20,21,24)/t14-/m0/s1. The molecule has 2 N–H and O–H groups in total. The highest BCUT2D eigenvalue weighted by Gasteiger charge is 2.34. The Morgan fingerprint density at radius 1 is 1.25 bits per heavy atom. The van der Waals surface area contributed by atoms with E-state index in [1.807, 2.05) is 24.3 Å². The quantitative estimate of drug-likeness (QED) is 0.768. The van der Waals surface area contributed by atoms with Crippen molar-refractivity contribution in [3.8, 4) is 0 Å². The lowest BCUT2D eigenvalue weighted by Crippen LogP contribution is -2.23. The number of aromatic nitrogens is 2. The molecule has 0 fully saturated rings. The number of anilines is 2. The summed E-state index contributed by atoms with van der Waals surface area (Å²) in [5.41, 5.74) is 2.21. The van der Waals surface area contributed by atoms with Crippen molar-refractivity contribution in [3.05, 3.63) is 53.6 Å². The number of nitrogens with zero attached hydrogens (tertiary/aromatic N) is 2. The first-order chi connectivity index (χ1) is 11.6. The van der Waals surface area contributed by atoms with E-state index in [1.54, 1.807) is 28.8 Å². The molecule has 7 heteroatoms. The Hall–Kier alpha value is -2.86. The number of benzene rings is 2. The number of hydrogen-bond donors (Lipinski definition) is 2. The normalized spacial score (nSPS) is 16.0. The third-order valence-electron chi connectivity index (χ3n) is 3.93. The number of carbonyl (C=O) groups is 2. The van der Waals surface area contributed by atoms with Gasteiger partial charge in [0, 0.05) is 10.7 Å². The summed E-state index contributed by atoms with van der Waals surface area (Å²) >= 11 is 5.91. The van der Waals surface area contributed by atoms with Crippen LogP contribution in [0.1, 0.15) is 12.5 Å². The predicted molar refractivity (Wildman–Crippen MR) is 92.1 cm³/mol. The summed E-state index contributed by atoms with van der Waals surface area (Å²) in [5.74, 6) is -0.0192. The van der Waals surface area contributed by atoms with Crippen molar-refractivity contribution in [2.24, 2.45) is 0 Å². The number of fused-ring (bicyclic) bond motifs is 3. The lowest BCUT2D eigenvalue weighted by Gasteiger charge is -2.12. The van der Waals surface area contributed by atoms with Crippen LogP contribution >= 0.6 is 11.6 Å². The van der Waals surface area contributed by atoms with Crippen LogP contribution in [0.4, 0.5) is 11.6 Å². The van der Waals surface area contributed by atoms with Crippen molar-refractivity contribution in [3.63, 3.8) is 0 Å². The molecule has 2 aromatic carbocycles. The summed E-state index contributed by atoms with van der Waals surface area (Å²) in [6.07, 6.45) is 0.0195. The minimum Gasteiger partial charge on any atom is -0.326 e. The summed E-state index contributed by atoms with van der Waals surface area (Å²) in [6.45, 7) is 0. The lowest BCUT2D eigenvalue weighted by atomic mass is 10.1. The molecule has 2 heterocycles. The molecule has 0 radical (unpaired) electrons. The number of carbonyl (C=O) groups excluding carboxylic acids is 2. The van der Waals surface area contributed by atoms with Crippen LogP contribution in [0, 0.1) is 0 Å². The summed E-state index contributed by atoms with van der Waals surface area (Å²) in [4.78, 5) is 28.9. The van der Waals surface area contributed by atoms with Gasteiger partial charge in [0.1, 0.15) is 6.04 Å². The van der Waals surface area contributed by atoms with Crippen LogP contribution in [0.3, 0.4) is 0 Å². The first-order valence-corrected chi connectivity index (χ1v) is 7.83. The van der Waals surface area contributed by atoms with E-state index in [1.165, 1.54) is 0 Å². The predicted octanol–water partition coefficient (Wildman–Crippen LogP) is 3.21. The SMILES string of the molecule is O=C(C[C@H]1C(=O)Nc2nc3ccccc3n21)Nc1cccc(Cl)c1. The number of para-hydroxylation sites is 2. The van der Waals surface area contributed by atoms with Crippen LogP contribution in [-0.4, -0.2) is 21.4 Å². The second kappa shape index (κ2) is 5.65. The molecule has 0 unspecified atom stereocenters. The molecule has 4 rings (SSSR count). The molecule has 1 atom stereocenters. The highest BCUT2D eigenvalue weighted by molar-refractivity contribution is 6.30. The molecule has 0 bridgehead atoms. The summed E-state index contributed by atoms with van der Waals surface area (Å²) in [6, 6.07) is 13.8. The van der Waals surface area contributed by atoms with Gasteiger partial charge >= 0.3 is 0 Å². The van der Waals surface area contributed by atoms with Gasteiger partial charge in [0.15, 0.2) is 0 Å². The molecule has 120 valence electrons. The van der Waals surface area contributed by atoms with Crippen LogP contribution in [-0.2, 0) is 9.59 Å². The zero-order valence-electron chi connectivity index (χ0n) is 12.5. The number of imidazole rings is 1. The van der Waals surface area contributed by atoms with Crippen LogP contribution in [0.2, 0.25) is 5.02 Å². The number of nitrogens with one attached hydrogen (secondary N) is 2. The fraction of sp³-hybridized carbons (Fsp3) is 0.118. The van der Waals surface area contributed by atoms with Crippen LogP contribution in [0.25, 0.3) is 11.0 Å². The molecule has 6 nitrogen and oxygen atoms in total. The van der Waals surface area contributed by atoms with Crippen molar-refractivity contribution < 1.29 is 9.59 Å². The molecular formula is C17H13ClN4O2. The molecule has 2 amide bonds. The molecule has 1 aromatic heterocycles. The van der Waals surface area contributed by atoms with Gasteiger partial charge in [-0.2, -0.15) is 0 Å². The Kier molecular flexibility index (Phi) is 3.46. The van der Waals surface area contributed by atoms with Crippen molar-refractivity contribution in [2.75, 3.05) is 10.6 Å². The van der Waals surface area contributed by atoms with Crippen molar-refractivity contribution in [2.45, 2.75) is 12.5 Å². The van der Waals surface area contributed by atoms with Crippen molar-refractivity contribution >= 4 is 46.1 Å². The largest absolute Gasteiger partial charge is 0.326 e. The monoisotopic (exact) mass is 340 g/mol. The topological polar surface area (TPSA) is 76.0 Å². The highest BCUT2D eigenvalue weighted by atomic mass is 35.5. The first-order valence-electron chi connectivity index (χ1n) is 7.45. The lowest BCUT2D eigenvalue weighted by molar-refractivity contribution is -0.123. The maximum atomic E-state index is 12.3. The fourth-order valence-electron chi connectivity index (χ4n) is 2.90. The second-order valence-electron chi connectivity index (χ2n) is 5.56. The first kappa shape index (κ1) is 14.7. The van der Waals surface area contributed by atoms with E-state index in [0.29, 0.717) is 16.7 Å². The number of halogens is 1. The van der Waals surface area contributed by atoms with E-state index in [2.05, 4.69) is 15.6 Å².